The lowest BCUT2D eigenvalue weighted by Gasteiger charge is -2.42. The molecule has 0 spiro atoms. The number of fused-ring (bicyclic) bond motifs is 2. The van der Waals surface area contributed by atoms with Gasteiger partial charge in [0.1, 0.15) is 5.75 Å². The summed E-state index contributed by atoms with van der Waals surface area (Å²) in [5, 5.41) is 37.6. The van der Waals surface area contributed by atoms with Crippen molar-refractivity contribution in [1.29, 1.82) is 0 Å². The fraction of sp³-hybridized carbons (Fsp3) is 0.297. The highest BCUT2D eigenvalue weighted by molar-refractivity contribution is 6.02. The summed E-state index contributed by atoms with van der Waals surface area (Å²) >= 11 is 0. The van der Waals surface area contributed by atoms with E-state index in [1.807, 2.05) is 75.5 Å². The molecule has 4 aromatic carbocycles. The number of hydrogen-bond acceptors (Lipinski definition) is 7. The third kappa shape index (κ3) is 6.02. The number of esters is 1. The van der Waals surface area contributed by atoms with Gasteiger partial charge < -0.3 is 30.7 Å². The zero-order chi connectivity index (χ0) is 32.5. The summed E-state index contributed by atoms with van der Waals surface area (Å²) in [6, 6.07) is 18.1. The summed E-state index contributed by atoms with van der Waals surface area (Å²) < 4.78 is 6.13. The number of aliphatic hydroxyl groups excluding tert-OH is 3. The van der Waals surface area contributed by atoms with Gasteiger partial charge >= 0.3 is 12.0 Å². The second kappa shape index (κ2) is 13.1. The molecule has 5 N–H and O–H groups in total. The van der Waals surface area contributed by atoms with E-state index in [0.717, 1.165) is 46.3 Å². The molecule has 0 saturated carbocycles. The van der Waals surface area contributed by atoms with Crippen LogP contribution in [0.4, 0.5) is 16.2 Å². The quantitative estimate of drug-likeness (QED) is 0.133. The summed E-state index contributed by atoms with van der Waals surface area (Å²) in [7, 11) is 2.04. The van der Waals surface area contributed by atoms with Gasteiger partial charge in [-0.15, -0.1) is 0 Å². The maximum atomic E-state index is 13.5. The number of carbonyl (C=O) groups excluding carboxylic acids is 2. The van der Waals surface area contributed by atoms with Crippen LogP contribution in [0.2, 0.25) is 0 Å². The molecule has 9 heteroatoms. The predicted octanol–water partition coefficient (Wildman–Crippen LogP) is 5.32. The number of benzene rings is 4. The van der Waals surface area contributed by atoms with Crippen LogP contribution in [-0.4, -0.2) is 45.8 Å². The number of aryl methyl sites for hydroxylation is 2. The van der Waals surface area contributed by atoms with Crippen LogP contribution in [0, 0.1) is 13.8 Å². The molecule has 2 aliphatic rings. The molecular weight excluding hydrogens is 582 g/mol. The highest BCUT2D eigenvalue weighted by atomic mass is 16.5. The third-order valence-corrected chi connectivity index (χ3v) is 9.11. The molecule has 1 aliphatic carbocycles. The number of urea groups is 1. The lowest BCUT2D eigenvalue weighted by molar-refractivity contribution is -0.133. The maximum Gasteiger partial charge on any atom is 0.323 e. The van der Waals surface area contributed by atoms with Crippen LogP contribution in [-0.2, 0) is 43.9 Å². The van der Waals surface area contributed by atoms with Gasteiger partial charge in [0.15, 0.2) is 0 Å². The van der Waals surface area contributed by atoms with Crippen LogP contribution >= 0.6 is 0 Å². The second-order valence-electron chi connectivity index (χ2n) is 12.2. The average Bonchev–Trinajstić information content (AvgIpc) is 3.05. The first-order valence-electron chi connectivity index (χ1n) is 15.5. The van der Waals surface area contributed by atoms with E-state index >= 15 is 0 Å². The number of nitrogens with one attached hydrogen (secondary N) is 2. The molecule has 4 aromatic rings. The molecule has 0 bridgehead atoms. The van der Waals surface area contributed by atoms with Crippen molar-refractivity contribution in [2.75, 3.05) is 24.2 Å². The van der Waals surface area contributed by atoms with Crippen molar-refractivity contribution in [1.82, 2.24) is 4.90 Å². The first-order chi connectivity index (χ1) is 22.2. The molecule has 238 valence electrons. The van der Waals surface area contributed by atoms with Crippen molar-refractivity contribution in [3.63, 3.8) is 0 Å². The van der Waals surface area contributed by atoms with E-state index in [1.165, 1.54) is 0 Å². The molecule has 1 atom stereocenters. The van der Waals surface area contributed by atoms with Gasteiger partial charge in [-0.2, -0.15) is 0 Å². The topological polar surface area (TPSA) is 131 Å². The number of nitrogens with zero attached hydrogens (tertiary/aromatic N) is 1. The van der Waals surface area contributed by atoms with E-state index in [1.54, 1.807) is 6.07 Å². The lowest BCUT2D eigenvalue weighted by atomic mass is 9.73. The fourth-order valence-electron chi connectivity index (χ4n) is 6.70. The van der Waals surface area contributed by atoms with E-state index in [9.17, 15) is 24.9 Å². The average molecular weight is 622 g/mol. The maximum absolute atomic E-state index is 13.5. The largest absolute Gasteiger partial charge is 0.425 e. The van der Waals surface area contributed by atoms with Crippen molar-refractivity contribution in [2.24, 2.45) is 0 Å². The summed E-state index contributed by atoms with van der Waals surface area (Å²) in [6.07, 6.45) is 1.26. The Morgan fingerprint density at radius 3 is 2.20 bits per heavy atom. The Kier molecular flexibility index (Phi) is 8.93. The minimum absolute atomic E-state index is 0.0197. The summed E-state index contributed by atoms with van der Waals surface area (Å²) in [5.41, 5.74) is 9.45. The van der Waals surface area contributed by atoms with Crippen molar-refractivity contribution >= 4 is 23.4 Å². The lowest BCUT2D eigenvalue weighted by Crippen LogP contribution is -2.37. The first kappa shape index (κ1) is 31.4. The van der Waals surface area contributed by atoms with Crippen molar-refractivity contribution in [3.8, 4) is 16.9 Å². The molecule has 1 aliphatic heterocycles. The summed E-state index contributed by atoms with van der Waals surface area (Å²) in [5.74, 6) is -0.312. The second-order valence-corrected chi connectivity index (χ2v) is 12.2. The van der Waals surface area contributed by atoms with E-state index in [4.69, 9.17) is 4.74 Å². The number of rotatable bonds is 8. The minimum atomic E-state index is -0.504. The number of ether oxygens (including phenoxy) is 1. The number of likely N-dealkylation sites (N-methyl/N-ethyl adjacent to an activating group) is 1. The molecule has 9 nitrogen and oxygen atoms in total. The zero-order valence-corrected chi connectivity index (χ0v) is 26.3. The molecule has 6 rings (SSSR count). The third-order valence-electron chi connectivity index (χ3n) is 9.11. The van der Waals surface area contributed by atoms with Gasteiger partial charge in [0.2, 0.25) is 0 Å². The molecule has 0 fully saturated rings. The highest BCUT2D eigenvalue weighted by Crippen LogP contribution is 2.53. The number of carbonyl (C=O) groups is 2. The first-order valence-corrected chi connectivity index (χ1v) is 15.5. The molecule has 2 amide bonds. The van der Waals surface area contributed by atoms with Crippen molar-refractivity contribution < 1.29 is 29.6 Å². The Hall–Kier alpha value is -4.54. The van der Waals surface area contributed by atoms with Gasteiger partial charge in [-0.25, -0.2) is 4.79 Å². The van der Waals surface area contributed by atoms with Gasteiger partial charge in [-0.05, 0) is 90.9 Å². The minimum Gasteiger partial charge on any atom is -0.425 e. The SMILES string of the molecule is Cc1ccc(CC(=O)Oc2c(CO)cc(NC(=O)Nc3ccc(C)cc3)c3c2-c2c(CO)c(CO)cc4c2C(C3)N(C)CC4)cc1. The van der Waals surface area contributed by atoms with Crippen molar-refractivity contribution in [2.45, 2.75) is 59.0 Å². The van der Waals surface area contributed by atoms with E-state index in [-0.39, 0.29) is 31.4 Å². The van der Waals surface area contributed by atoms with Gasteiger partial charge in [0.25, 0.3) is 0 Å². The van der Waals surface area contributed by atoms with Crippen LogP contribution in [0.15, 0.2) is 60.7 Å². The number of aliphatic hydroxyl groups is 3. The van der Waals surface area contributed by atoms with Crippen LogP contribution in [0.1, 0.15) is 56.1 Å². The molecule has 0 saturated heterocycles. The van der Waals surface area contributed by atoms with E-state index < -0.39 is 18.6 Å². The zero-order valence-electron chi connectivity index (χ0n) is 26.3. The Balaban J connectivity index is 1.52. The Labute approximate surface area is 268 Å². The molecule has 1 unspecified atom stereocenters. The van der Waals surface area contributed by atoms with Crippen molar-refractivity contribution in [3.05, 3.63) is 111 Å². The fourth-order valence-corrected chi connectivity index (χ4v) is 6.70. The van der Waals surface area contributed by atoms with E-state index in [0.29, 0.717) is 45.6 Å². The molecule has 46 heavy (non-hydrogen) atoms. The van der Waals surface area contributed by atoms with Crippen LogP contribution in [0.5, 0.6) is 5.75 Å². The Morgan fingerprint density at radius 2 is 1.54 bits per heavy atom. The Bertz CT molecular complexity index is 1800. The molecule has 0 aromatic heterocycles. The highest BCUT2D eigenvalue weighted by Gasteiger charge is 2.39. The standard InChI is InChI=1S/C37H39N3O6/c1-21-4-8-23(9-5-21)14-32(44)46-36-26(19-42)16-30(39-37(45)38-27-10-6-22(2)7-11-27)28-17-31-33-24(12-13-40(31)3)15-25(18-41)29(20-43)34(33)35(28)36/h4-11,15-16,31,41-43H,12-14,17-20H2,1-3H3,(H2,38,39,45). The van der Waals surface area contributed by atoms with Gasteiger partial charge in [-0.1, -0.05) is 53.6 Å². The number of anilines is 2. The van der Waals surface area contributed by atoms with Gasteiger partial charge in [0, 0.05) is 35.1 Å². The number of amides is 2. The van der Waals surface area contributed by atoms with E-state index in [2.05, 4.69) is 15.5 Å². The van der Waals surface area contributed by atoms with Crippen LogP contribution in [0.25, 0.3) is 11.1 Å². The Morgan fingerprint density at radius 1 is 0.870 bits per heavy atom. The van der Waals surface area contributed by atoms with Gasteiger partial charge in [0.05, 0.1) is 26.2 Å². The normalized spacial score (nSPS) is 15.1. The molecular formula is C37H39N3O6. The van der Waals surface area contributed by atoms with Crippen LogP contribution < -0.4 is 15.4 Å². The summed E-state index contributed by atoms with van der Waals surface area (Å²) in [4.78, 5) is 29.1. The smallest absolute Gasteiger partial charge is 0.323 e. The predicted molar refractivity (Wildman–Crippen MR) is 177 cm³/mol. The summed E-state index contributed by atoms with van der Waals surface area (Å²) in [6.45, 7) is 3.64. The molecule has 0 radical (unpaired) electrons. The molecule has 1 heterocycles. The van der Waals surface area contributed by atoms with Crippen LogP contribution in [0.3, 0.4) is 0 Å². The monoisotopic (exact) mass is 621 g/mol. The number of hydrogen-bond donors (Lipinski definition) is 5. The van der Waals surface area contributed by atoms with Gasteiger partial charge in [-0.3, -0.25) is 9.69 Å².